The maximum atomic E-state index is 8.96. The molecule has 0 aliphatic carbocycles. The van der Waals surface area contributed by atoms with E-state index in [1.54, 1.807) is 18.2 Å². The molecule has 0 aromatic heterocycles. The van der Waals surface area contributed by atoms with Crippen LogP contribution in [0.2, 0.25) is 0 Å². The van der Waals surface area contributed by atoms with Crippen LogP contribution < -0.4 is 5.73 Å². The van der Waals surface area contributed by atoms with Crippen molar-refractivity contribution in [1.82, 2.24) is 0 Å². The molecule has 1 aromatic carbocycles. The summed E-state index contributed by atoms with van der Waals surface area (Å²) < 4.78 is 0. The Morgan fingerprint density at radius 3 is 2.42 bits per heavy atom. The maximum absolute atomic E-state index is 8.96. The zero-order valence-corrected chi connectivity index (χ0v) is 7.33. The van der Waals surface area contributed by atoms with Crippen LogP contribution in [0.4, 0.5) is 0 Å². The van der Waals surface area contributed by atoms with Gasteiger partial charge in [0.1, 0.15) is 5.75 Å². The summed E-state index contributed by atoms with van der Waals surface area (Å²) >= 11 is 0. The molecular weight excluding hydrogens is 150 g/mol. The van der Waals surface area contributed by atoms with Crippen molar-refractivity contribution in [2.75, 3.05) is 7.05 Å². The molecule has 0 unspecified atom stereocenters. The van der Waals surface area contributed by atoms with E-state index in [0.717, 1.165) is 11.1 Å². The second-order valence-electron chi connectivity index (χ2n) is 2.14. The van der Waals surface area contributed by atoms with Crippen molar-refractivity contribution < 1.29 is 5.11 Å². The van der Waals surface area contributed by atoms with Gasteiger partial charge >= 0.3 is 0 Å². The number of hydrogen-bond donors (Lipinski definition) is 2. The van der Waals surface area contributed by atoms with Crippen LogP contribution in [0.1, 0.15) is 11.1 Å². The van der Waals surface area contributed by atoms with Gasteiger partial charge in [-0.3, -0.25) is 0 Å². The molecule has 0 aliphatic heterocycles. The monoisotopic (exact) mass is 163 g/mol. The molecule has 1 aromatic rings. The van der Waals surface area contributed by atoms with Gasteiger partial charge < -0.3 is 10.8 Å². The molecule has 12 heavy (non-hydrogen) atoms. The summed E-state index contributed by atoms with van der Waals surface area (Å²) in [4.78, 5) is 0. The van der Waals surface area contributed by atoms with Crippen molar-refractivity contribution in [3.05, 3.63) is 29.3 Å². The Morgan fingerprint density at radius 1 is 1.42 bits per heavy atom. The third-order valence-electron chi connectivity index (χ3n) is 1.37. The van der Waals surface area contributed by atoms with Crippen molar-refractivity contribution in [1.29, 1.82) is 0 Å². The lowest BCUT2D eigenvalue weighted by atomic mass is 10.1. The summed E-state index contributed by atoms with van der Waals surface area (Å²) in [5.41, 5.74) is 6.26. The van der Waals surface area contributed by atoms with Gasteiger partial charge in [0.15, 0.2) is 0 Å². The topological polar surface area (TPSA) is 46.2 Å². The van der Waals surface area contributed by atoms with E-state index in [1.807, 2.05) is 6.92 Å². The molecule has 0 saturated heterocycles. The van der Waals surface area contributed by atoms with Gasteiger partial charge in [-0.05, 0) is 37.7 Å². The molecule has 0 amide bonds. The van der Waals surface area contributed by atoms with Crippen LogP contribution in [-0.2, 0) is 0 Å². The molecular formula is C10H13NO. The first kappa shape index (κ1) is 10.5. The van der Waals surface area contributed by atoms with Crippen LogP contribution in [0, 0.1) is 19.3 Å². The van der Waals surface area contributed by atoms with Gasteiger partial charge in [-0.1, -0.05) is 5.92 Å². The number of aromatic hydroxyl groups is 1. The first-order valence-electron chi connectivity index (χ1n) is 3.58. The van der Waals surface area contributed by atoms with E-state index in [9.17, 15) is 0 Å². The van der Waals surface area contributed by atoms with Crippen LogP contribution in [0.25, 0.3) is 0 Å². The fourth-order valence-corrected chi connectivity index (χ4v) is 0.810. The fraction of sp³-hybridized carbons (Fsp3) is 0.200. The summed E-state index contributed by atoms with van der Waals surface area (Å²) in [6, 6.07) is 4.96. The third kappa shape index (κ3) is 2.65. The number of phenolic OH excluding ortho intramolecular Hbond substituents is 1. The standard InChI is InChI=1S/C9H8O.CH5N/c1-3-8-4-5-9(10)6-7(8)2;1-2/h1,4-6,10H,2H3;2H2,1H3. The summed E-state index contributed by atoms with van der Waals surface area (Å²) in [7, 11) is 1.50. The van der Waals surface area contributed by atoms with Crippen LogP contribution in [0.15, 0.2) is 18.2 Å². The average Bonchev–Trinajstić information content (AvgIpc) is 2.08. The van der Waals surface area contributed by atoms with E-state index >= 15 is 0 Å². The quantitative estimate of drug-likeness (QED) is 0.565. The van der Waals surface area contributed by atoms with E-state index < -0.39 is 0 Å². The number of hydrogen-bond acceptors (Lipinski definition) is 2. The Balaban J connectivity index is 0.000000561. The van der Waals surface area contributed by atoms with Gasteiger partial charge in [0.05, 0.1) is 0 Å². The molecule has 64 valence electrons. The largest absolute Gasteiger partial charge is 0.508 e. The highest BCUT2D eigenvalue weighted by Crippen LogP contribution is 2.13. The number of rotatable bonds is 0. The molecule has 0 radical (unpaired) electrons. The number of benzene rings is 1. The first-order valence-corrected chi connectivity index (χ1v) is 3.58. The molecule has 0 heterocycles. The molecule has 0 bridgehead atoms. The fourth-order valence-electron chi connectivity index (χ4n) is 0.810. The van der Waals surface area contributed by atoms with E-state index in [2.05, 4.69) is 11.7 Å². The number of aryl methyl sites for hydroxylation is 1. The smallest absolute Gasteiger partial charge is 0.115 e. The third-order valence-corrected chi connectivity index (χ3v) is 1.37. The summed E-state index contributed by atoms with van der Waals surface area (Å²) in [6.45, 7) is 1.87. The zero-order chi connectivity index (χ0) is 9.56. The molecule has 0 spiro atoms. The molecule has 0 atom stereocenters. The molecule has 0 fully saturated rings. The minimum absolute atomic E-state index is 0.261. The predicted octanol–water partition coefficient (Wildman–Crippen LogP) is 1.26. The second kappa shape index (κ2) is 5.22. The minimum atomic E-state index is 0.261. The Hall–Kier alpha value is -1.46. The summed E-state index contributed by atoms with van der Waals surface area (Å²) in [5, 5.41) is 8.96. The van der Waals surface area contributed by atoms with Gasteiger partial charge in [-0.2, -0.15) is 0 Å². The van der Waals surface area contributed by atoms with E-state index in [0.29, 0.717) is 0 Å². The Labute approximate surface area is 73.0 Å². The zero-order valence-electron chi connectivity index (χ0n) is 7.33. The van der Waals surface area contributed by atoms with Crippen LogP contribution in [-0.4, -0.2) is 12.2 Å². The molecule has 0 saturated carbocycles. The Kier molecular flexibility index (Phi) is 4.59. The van der Waals surface area contributed by atoms with Crippen LogP contribution in [0.3, 0.4) is 0 Å². The number of terminal acetylenes is 1. The lowest BCUT2D eigenvalue weighted by molar-refractivity contribution is 0.475. The number of nitrogens with two attached hydrogens (primary N) is 1. The highest BCUT2D eigenvalue weighted by molar-refractivity contribution is 5.42. The first-order chi connectivity index (χ1) is 5.74. The van der Waals surface area contributed by atoms with Crippen molar-refractivity contribution in [2.24, 2.45) is 5.73 Å². The normalized spacial score (nSPS) is 7.83. The van der Waals surface area contributed by atoms with Crippen LogP contribution >= 0.6 is 0 Å². The lowest BCUT2D eigenvalue weighted by Gasteiger charge is -1.96. The van der Waals surface area contributed by atoms with Crippen LogP contribution in [0.5, 0.6) is 5.75 Å². The number of phenols is 1. The Bertz CT molecular complexity index is 286. The maximum Gasteiger partial charge on any atom is 0.115 e. The van der Waals surface area contributed by atoms with Crippen molar-refractivity contribution >= 4 is 0 Å². The highest BCUT2D eigenvalue weighted by Gasteiger charge is 1.93. The molecule has 0 aliphatic rings. The second-order valence-corrected chi connectivity index (χ2v) is 2.14. The molecule has 1 rings (SSSR count). The van der Waals surface area contributed by atoms with E-state index in [1.165, 1.54) is 7.05 Å². The predicted molar refractivity (Wildman–Crippen MR) is 50.9 cm³/mol. The molecule has 2 nitrogen and oxygen atoms in total. The molecule has 2 heteroatoms. The van der Waals surface area contributed by atoms with Gasteiger partial charge in [0.2, 0.25) is 0 Å². The summed E-state index contributed by atoms with van der Waals surface area (Å²) in [6.07, 6.45) is 5.17. The van der Waals surface area contributed by atoms with Crippen molar-refractivity contribution in [2.45, 2.75) is 6.92 Å². The Morgan fingerprint density at radius 2 is 2.00 bits per heavy atom. The summed E-state index contributed by atoms with van der Waals surface area (Å²) in [5.74, 6) is 2.77. The SMILES string of the molecule is C#Cc1ccc(O)cc1C.CN. The highest BCUT2D eigenvalue weighted by atomic mass is 16.3. The van der Waals surface area contributed by atoms with E-state index in [-0.39, 0.29) is 5.75 Å². The average molecular weight is 163 g/mol. The molecule has 3 N–H and O–H groups in total. The van der Waals surface area contributed by atoms with Gasteiger partial charge in [0.25, 0.3) is 0 Å². The van der Waals surface area contributed by atoms with Crippen molar-refractivity contribution in [3.63, 3.8) is 0 Å². The van der Waals surface area contributed by atoms with Gasteiger partial charge in [-0.15, -0.1) is 6.42 Å². The van der Waals surface area contributed by atoms with Gasteiger partial charge in [-0.25, -0.2) is 0 Å². The van der Waals surface area contributed by atoms with Crippen molar-refractivity contribution in [3.8, 4) is 18.1 Å². The van der Waals surface area contributed by atoms with E-state index in [4.69, 9.17) is 11.5 Å². The minimum Gasteiger partial charge on any atom is -0.508 e. The lowest BCUT2D eigenvalue weighted by Crippen LogP contribution is -1.79. The van der Waals surface area contributed by atoms with Gasteiger partial charge in [0, 0.05) is 5.56 Å².